The van der Waals surface area contributed by atoms with Gasteiger partial charge < -0.3 is 14.9 Å². The Morgan fingerprint density at radius 2 is 1.76 bits per heavy atom. The number of nitrogens with zero attached hydrogens (tertiary/aromatic N) is 3. The summed E-state index contributed by atoms with van der Waals surface area (Å²) in [5.74, 6) is 0.201. The predicted octanol–water partition coefficient (Wildman–Crippen LogP) is 2.50. The summed E-state index contributed by atoms with van der Waals surface area (Å²) in [7, 11) is 0. The van der Waals surface area contributed by atoms with Gasteiger partial charge >= 0.3 is 0 Å². The van der Waals surface area contributed by atoms with Crippen LogP contribution < -0.4 is 0 Å². The van der Waals surface area contributed by atoms with E-state index in [-0.39, 0.29) is 30.4 Å². The van der Waals surface area contributed by atoms with Crippen LogP contribution in [0.15, 0.2) is 24.3 Å². The van der Waals surface area contributed by atoms with Gasteiger partial charge in [0.25, 0.3) is 5.91 Å². The second-order valence-corrected chi connectivity index (χ2v) is 8.93. The summed E-state index contributed by atoms with van der Waals surface area (Å²) in [5.41, 5.74) is 0.0682. The molecule has 2 fully saturated rings. The van der Waals surface area contributed by atoms with E-state index in [1.807, 2.05) is 16.7 Å². The molecule has 2 aliphatic rings. The van der Waals surface area contributed by atoms with E-state index in [1.54, 1.807) is 24.3 Å². The third kappa shape index (κ3) is 4.44. The molecule has 2 aliphatic heterocycles. The van der Waals surface area contributed by atoms with Crippen LogP contribution in [0.5, 0.6) is 0 Å². The normalized spacial score (nSPS) is 25.2. The van der Waals surface area contributed by atoms with Gasteiger partial charge in [-0.1, -0.05) is 25.4 Å². The first-order valence-corrected chi connectivity index (χ1v) is 10.9. The van der Waals surface area contributed by atoms with Crippen molar-refractivity contribution in [1.82, 2.24) is 14.7 Å². The number of amides is 2. The van der Waals surface area contributed by atoms with Crippen molar-refractivity contribution in [2.75, 3.05) is 39.3 Å². The quantitative estimate of drug-likeness (QED) is 0.793. The molecule has 1 aromatic rings. The van der Waals surface area contributed by atoms with Crippen molar-refractivity contribution in [3.8, 4) is 0 Å². The molecule has 1 aromatic carbocycles. The van der Waals surface area contributed by atoms with Crippen LogP contribution in [-0.4, -0.2) is 82.5 Å². The highest BCUT2D eigenvalue weighted by atomic mass is 35.5. The van der Waals surface area contributed by atoms with Gasteiger partial charge in [0.1, 0.15) is 0 Å². The molecule has 0 bridgehead atoms. The van der Waals surface area contributed by atoms with Crippen LogP contribution in [-0.2, 0) is 4.79 Å². The van der Waals surface area contributed by atoms with Crippen LogP contribution in [0.25, 0.3) is 0 Å². The monoisotopic (exact) mass is 421 g/mol. The van der Waals surface area contributed by atoms with Crippen LogP contribution in [0, 0.1) is 5.92 Å². The molecule has 0 saturated carbocycles. The lowest BCUT2D eigenvalue weighted by Gasteiger charge is -2.56. The number of carbonyl (C=O) groups is 2. The van der Waals surface area contributed by atoms with Crippen LogP contribution in [0.1, 0.15) is 44.0 Å². The largest absolute Gasteiger partial charge is 0.394 e. The van der Waals surface area contributed by atoms with Crippen LogP contribution in [0.3, 0.4) is 0 Å². The molecule has 2 unspecified atom stereocenters. The molecule has 160 valence electrons. The first kappa shape index (κ1) is 22.1. The molecule has 29 heavy (non-hydrogen) atoms. The van der Waals surface area contributed by atoms with Crippen molar-refractivity contribution in [2.45, 2.75) is 45.2 Å². The van der Waals surface area contributed by atoms with Crippen molar-refractivity contribution < 1.29 is 14.7 Å². The molecule has 1 N–H and O–H groups in total. The Morgan fingerprint density at radius 1 is 1.14 bits per heavy atom. The summed E-state index contributed by atoms with van der Waals surface area (Å²) in [6.45, 7) is 9.06. The molecule has 6 nitrogen and oxygen atoms in total. The highest BCUT2D eigenvalue weighted by Crippen LogP contribution is 2.30. The number of halogens is 1. The van der Waals surface area contributed by atoms with Crippen molar-refractivity contribution in [2.24, 2.45) is 5.92 Å². The Hall–Kier alpha value is -1.63. The molecule has 2 atom stereocenters. The number of hydrogen-bond donors (Lipinski definition) is 1. The third-order valence-corrected chi connectivity index (χ3v) is 6.76. The number of carbonyl (C=O) groups excluding carboxylic acids is 2. The van der Waals surface area contributed by atoms with Gasteiger partial charge in [-0.05, 0) is 44.0 Å². The molecule has 2 saturated heterocycles. The molecule has 0 aromatic heterocycles. The number of fused-ring (bicyclic) bond motifs is 1. The van der Waals surface area contributed by atoms with Gasteiger partial charge in [-0.3, -0.25) is 14.5 Å². The standard InChI is InChI=1S/C22H32ClN3O3/c1-4-16(5-2)20(28)24-10-11-26-19(12-24)13-25(14-22(26,3)15-27)21(29)17-6-8-18(23)9-7-17/h6-9,16,19,27H,4-5,10-15H2,1-3H3. The summed E-state index contributed by atoms with van der Waals surface area (Å²) >= 11 is 5.95. The highest BCUT2D eigenvalue weighted by molar-refractivity contribution is 6.30. The Bertz CT molecular complexity index is 737. The lowest BCUT2D eigenvalue weighted by Crippen LogP contribution is -2.72. The number of benzene rings is 1. The molecule has 2 amide bonds. The fraction of sp³-hybridized carbons (Fsp3) is 0.636. The van der Waals surface area contributed by atoms with E-state index in [0.717, 1.165) is 19.4 Å². The number of aliphatic hydroxyl groups excluding tert-OH is 1. The van der Waals surface area contributed by atoms with Gasteiger partial charge in [0.2, 0.25) is 5.91 Å². The van der Waals surface area contributed by atoms with E-state index < -0.39 is 5.54 Å². The molecule has 2 heterocycles. The van der Waals surface area contributed by atoms with Crippen LogP contribution in [0.2, 0.25) is 5.02 Å². The van der Waals surface area contributed by atoms with E-state index in [0.29, 0.717) is 36.8 Å². The molecule has 3 rings (SSSR count). The number of hydrogen-bond acceptors (Lipinski definition) is 4. The minimum absolute atomic E-state index is 0.0178. The highest BCUT2D eigenvalue weighted by Gasteiger charge is 2.47. The van der Waals surface area contributed by atoms with E-state index in [4.69, 9.17) is 11.6 Å². The van der Waals surface area contributed by atoms with Crippen LogP contribution in [0.4, 0.5) is 0 Å². The summed E-state index contributed by atoms with van der Waals surface area (Å²) in [6.07, 6.45) is 1.69. The minimum Gasteiger partial charge on any atom is -0.394 e. The zero-order chi connectivity index (χ0) is 21.2. The van der Waals surface area contributed by atoms with Crippen molar-refractivity contribution in [1.29, 1.82) is 0 Å². The van der Waals surface area contributed by atoms with Gasteiger partial charge in [0.15, 0.2) is 0 Å². The van der Waals surface area contributed by atoms with E-state index in [1.165, 1.54) is 0 Å². The van der Waals surface area contributed by atoms with E-state index >= 15 is 0 Å². The molecular formula is C22H32ClN3O3. The van der Waals surface area contributed by atoms with Gasteiger partial charge in [0, 0.05) is 55.3 Å². The molecular weight excluding hydrogens is 390 g/mol. The molecule has 0 aliphatic carbocycles. The van der Waals surface area contributed by atoms with E-state index in [2.05, 4.69) is 18.7 Å². The molecule has 0 spiro atoms. The maximum Gasteiger partial charge on any atom is 0.253 e. The Kier molecular flexibility index (Phi) is 6.87. The summed E-state index contributed by atoms with van der Waals surface area (Å²) in [5, 5.41) is 10.7. The van der Waals surface area contributed by atoms with Gasteiger partial charge in [-0.25, -0.2) is 0 Å². The third-order valence-electron chi connectivity index (χ3n) is 6.50. The first-order valence-electron chi connectivity index (χ1n) is 10.5. The fourth-order valence-electron chi connectivity index (χ4n) is 4.71. The minimum atomic E-state index is -0.519. The molecule has 0 radical (unpaired) electrons. The lowest BCUT2D eigenvalue weighted by atomic mass is 9.90. The van der Waals surface area contributed by atoms with Gasteiger partial charge in [-0.2, -0.15) is 0 Å². The average Bonchev–Trinajstić information content (AvgIpc) is 2.74. The summed E-state index contributed by atoms with van der Waals surface area (Å²) in [6, 6.07) is 6.91. The van der Waals surface area contributed by atoms with Crippen molar-refractivity contribution in [3.05, 3.63) is 34.9 Å². The zero-order valence-electron chi connectivity index (χ0n) is 17.6. The number of aliphatic hydroxyl groups is 1. The zero-order valence-corrected chi connectivity index (χ0v) is 18.4. The van der Waals surface area contributed by atoms with Gasteiger partial charge in [-0.15, -0.1) is 0 Å². The second kappa shape index (κ2) is 9.02. The van der Waals surface area contributed by atoms with Crippen LogP contribution >= 0.6 is 11.6 Å². The smallest absolute Gasteiger partial charge is 0.253 e. The maximum absolute atomic E-state index is 13.1. The second-order valence-electron chi connectivity index (χ2n) is 8.49. The topological polar surface area (TPSA) is 64.1 Å². The van der Waals surface area contributed by atoms with E-state index in [9.17, 15) is 14.7 Å². The van der Waals surface area contributed by atoms with Gasteiger partial charge in [0.05, 0.1) is 12.1 Å². The van der Waals surface area contributed by atoms with Crippen molar-refractivity contribution >= 4 is 23.4 Å². The SMILES string of the molecule is CCC(CC)C(=O)N1CCN2C(CN(C(=O)c3ccc(Cl)cc3)CC2(C)CO)C1. The summed E-state index contributed by atoms with van der Waals surface area (Å²) in [4.78, 5) is 32.1. The fourth-order valence-corrected chi connectivity index (χ4v) is 4.84. The molecule has 7 heteroatoms. The first-order chi connectivity index (χ1) is 13.8. The summed E-state index contributed by atoms with van der Waals surface area (Å²) < 4.78 is 0. The maximum atomic E-state index is 13.1. The number of piperazine rings is 2. The predicted molar refractivity (Wildman–Crippen MR) is 114 cm³/mol. The number of rotatable bonds is 5. The Morgan fingerprint density at radius 3 is 2.34 bits per heavy atom. The Balaban J connectivity index is 1.79. The average molecular weight is 422 g/mol. The Labute approximate surface area is 178 Å². The van der Waals surface area contributed by atoms with Crippen molar-refractivity contribution in [3.63, 3.8) is 0 Å². The lowest BCUT2D eigenvalue weighted by molar-refractivity contribution is -0.144.